The van der Waals surface area contributed by atoms with Crippen molar-refractivity contribution in [2.24, 2.45) is 0 Å². The van der Waals surface area contributed by atoms with E-state index in [4.69, 9.17) is 0 Å². The maximum Gasteiger partial charge on any atom is 0.237 e. The van der Waals surface area contributed by atoms with Crippen LogP contribution in [-0.2, 0) is 15.0 Å². The van der Waals surface area contributed by atoms with E-state index in [9.17, 15) is 9.59 Å². The number of rotatable bonds is 4. The van der Waals surface area contributed by atoms with Crippen LogP contribution in [0.2, 0.25) is 0 Å². The van der Waals surface area contributed by atoms with Crippen molar-refractivity contribution in [2.45, 2.75) is 45.1 Å². The number of hydrogen-bond acceptors (Lipinski definition) is 2. The zero-order valence-corrected chi connectivity index (χ0v) is 12.6. The Morgan fingerprint density at radius 2 is 2.05 bits per heavy atom. The summed E-state index contributed by atoms with van der Waals surface area (Å²) in [5.74, 6) is -0.0849. The summed E-state index contributed by atoms with van der Waals surface area (Å²) in [6.45, 7) is 5.85. The Balaban J connectivity index is 2.26. The number of benzene rings is 1. The Bertz CT molecular complexity index is 541. The SMILES string of the molecule is CC[C@@H](C)NC(=O)C[C@]1(C)C(=O)N(C)c2ccccc21. The Kier molecular flexibility index (Phi) is 3.84. The molecule has 0 aromatic heterocycles. The molecule has 4 nitrogen and oxygen atoms in total. The van der Waals surface area contributed by atoms with Gasteiger partial charge >= 0.3 is 0 Å². The molecule has 0 saturated heterocycles. The molecule has 0 aliphatic carbocycles. The zero-order chi connectivity index (χ0) is 14.9. The van der Waals surface area contributed by atoms with Crippen LogP contribution >= 0.6 is 0 Å². The molecule has 1 aromatic carbocycles. The molecule has 1 aliphatic heterocycles. The molecule has 0 fully saturated rings. The van der Waals surface area contributed by atoms with Crippen molar-refractivity contribution in [3.63, 3.8) is 0 Å². The summed E-state index contributed by atoms with van der Waals surface area (Å²) in [4.78, 5) is 26.3. The van der Waals surface area contributed by atoms with E-state index in [-0.39, 0.29) is 24.3 Å². The van der Waals surface area contributed by atoms with Crippen molar-refractivity contribution in [1.82, 2.24) is 5.32 Å². The second-order valence-corrected chi connectivity index (χ2v) is 5.77. The van der Waals surface area contributed by atoms with Gasteiger partial charge in [-0.2, -0.15) is 0 Å². The number of carbonyl (C=O) groups is 2. The third-order valence-corrected chi connectivity index (χ3v) is 4.17. The molecule has 0 bridgehead atoms. The minimum Gasteiger partial charge on any atom is -0.354 e. The number of para-hydroxylation sites is 1. The van der Waals surface area contributed by atoms with E-state index in [0.717, 1.165) is 17.7 Å². The molecule has 1 aromatic rings. The largest absolute Gasteiger partial charge is 0.354 e. The first-order valence-electron chi connectivity index (χ1n) is 7.07. The lowest BCUT2D eigenvalue weighted by atomic mass is 9.80. The number of fused-ring (bicyclic) bond motifs is 1. The van der Waals surface area contributed by atoms with Gasteiger partial charge in [0, 0.05) is 25.2 Å². The zero-order valence-electron chi connectivity index (χ0n) is 12.6. The highest BCUT2D eigenvalue weighted by molar-refractivity contribution is 6.09. The molecule has 0 spiro atoms. The van der Waals surface area contributed by atoms with Crippen molar-refractivity contribution < 1.29 is 9.59 Å². The van der Waals surface area contributed by atoms with E-state index in [2.05, 4.69) is 5.32 Å². The van der Waals surface area contributed by atoms with Gasteiger partial charge in [-0.25, -0.2) is 0 Å². The first-order valence-corrected chi connectivity index (χ1v) is 7.07. The number of nitrogens with one attached hydrogen (secondary N) is 1. The predicted octanol–water partition coefficient (Wildman–Crippen LogP) is 2.23. The van der Waals surface area contributed by atoms with Crippen LogP contribution in [0.25, 0.3) is 0 Å². The minimum atomic E-state index is -0.761. The molecular formula is C16H22N2O2. The van der Waals surface area contributed by atoms with Crippen LogP contribution in [0.1, 0.15) is 39.2 Å². The van der Waals surface area contributed by atoms with Crippen molar-refractivity contribution in [3.8, 4) is 0 Å². The van der Waals surface area contributed by atoms with Crippen molar-refractivity contribution in [2.75, 3.05) is 11.9 Å². The van der Waals surface area contributed by atoms with Gasteiger partial charge in [-0.05, 0) is 31.9 Å². The molecular weight excluding hydrogens is 252 g/mol. The number of likely N-dealkylation sites (N-methyl/N-ethyl adjacent to an activating group) is 1. The molecule has 1 N–H and O–H groups in total. The van der Waals surface area contributed by atoms with Crippen LogP contribution in [0.15, 0.2) is 24.3 Å². The first-order chi connectivity index (χ1) is 9.40. The van der Waals surface area contributed by atoms with Gasteiger partial charge in [-0.3, -0.25) is 9.59 Å². The summed E-state index contributed by atoms with van der Waals surface area (Å²) >= 11 is 0. The van der Waals surface area contributed by atoms with Gasteiger partial charge in [0.15, 0.2) is 0 Å². The summed E-state index contributed by atoms with van der Waals surface area (Å²) in [6.07, 6.45) is 1.07. The molecule has 2 atom stereocenters. The summed E-state index contributed by atoms with van der Waals surface area (Å²) in [7, 11) is 1.76. The molecule has 2 rings (SSSR count). The highest BCUT2D eigenvalue weighted by Crippen LogP contribution is 2.42. The van der Waals surface area contributed by atoms with Gasteiger partial charge < -0.3 is 10.2 Å². The predicted molar refractivity (Wildman–Crippen MR) is 79.7 cm³/mol. The van der Waals surface area contributed by atoms with Crippen LogP contribution in [0.4, 0.5) is 5.69 Å². The first kappa shape index (κ1) is 14.6. The number of carbonyl (C=O) groups excluding carboxylic acids is 2. The van der Waals surface area contributed by atoms with Crippen molar-refractivity contribution in [1.29, 1.82) is 0 Å². The molecule has 1 heterocycles. The highest BCUT2D eigenvalue weighted by Gasteiger charge is 2.47. The molecule has 4 heteroatoms. The molecule has 0 radical (unpaired) electrons. The molecule has 2 amide bonds. The highest BCUT2D eigenvalue weighted by atomic mass is 16.2. The summed E-state index contributed by atoms with van der Waals surface area (Å²) in [6, 6.07) is 7.82. The lowest BCUT2D eigenvalue weighted by Crippen LogP contribution is -2.42. The van der Waals surface area contributed by atoms with Gasteiger partial charge in [0.25, 0.3) is 0 Å². The normalized spacial score (nSPS) is 22.6. The molecule has 108 valence electrons. The van der Waals surface area contributed by atoms with Gasteiger partial charge in [-0.1, -0.05) is 25.1 Å². The van der Waals surface area contributed by atoms with E-state index < -0.39 is 5.41 Å². The Labute approximate surface area is 120 Å². The monoisotopic (exact) mass is 274 g/mol. The van der Waals surface area contributed by atoms with Crippen LogP contribution in [0, 0.1) is 0 Å². The Morgan fingerprint density at radius 1 is 1.40 bits per heavy atom. The third-order valence-electron chi connectivity index (χ3n) is 4.17. The van der Waals surface area contributed by atoms with E-state index in [1.54, 1.807) is 11.9 Å². The molecule has 0 saturated carbocycles. The number of amides is 2. The van der Waals surface area contributed by atoms with Crippen LogP contribution < -0.4 is 10.2 Å². The fraction of sp³-hybridized carbons (Fsp3) is 0.500. The van der Waals surface area contributed by atoms with E-state index >= 15 is 0 Å². The number of nitrogens with zero attached hydrogens (tertiary/aromatic N) is 1. The second-order valence-electron chi connectivity index (χ2n) is 5.77. The van der Waals surface area contributed by atoms with E-state index in [1.807, 2.05) is 45.0 Å². The van der Waals surface area contributed by atoms with Gasteiger partial charge in [-0.15, -0.1) is 0 Å². The van der Waals surface area contributed by atoms with E-state index in [1.165, 1.54) is 0 Å². The number of hydrogen-bond donors (Lipinski definition) is 1. The summed E-state index contributed by atoms with van der Waals surface area (Å²) in [5, 5.41) is 2.94. The van der Waals surface area contributed by atoms with Gasteiger partial charge in [0.05, 0.1) is 5.41 Å². The molecule has 1 aliphatic rings. The van der Waals surface area contributed by atoms with Crippen LogP contribution in [0.5, 0.6) is 0 Å². The average molecular weight is 274 g/mol. The van der Waals surface area contributed by atoms with Gasteiger partial charge in [0.1, 0.15) is 0 Å². The third kappa shape index (κ3) is 2.30. The summed E-state index contributed by atoms with van der Waals surface area (Å²) < 4.78 is 0. The minimum absolute atomic E-state index is 0.0157. The average Bonchev–Trinajstić information content (AvgIpc) is 2.61. The van der Waals surface area contributed by atoms with Crippen LogP contribution in [-0.4, -0.2) is 24.9 Å². The fourth-order valence-electron chi connectivity index (χ4n) is 2.75. The molecule has 20 heavy (non-hydrogen) atoms. The molecule has 0 unspecified atom stereocenters. The standard InChI is InChI=1S/C16H22N2O2/c1-5-11(2)17-14(19)10-16(3)12-8-6-7-9-13(12)18(4)15(16)20/h6-9,11H,5,10H2,1-4H3,(H,17,19)/t11-,16+/m1/s1. The topological polar surface area (TPSA) is 49.4 Å². The Morgan fingerprint density at radius 3 is 2.70 bits per heavy atom. The maximum atomic E-state index is 12.5. The smallest absolute Gasteiger partial charge is 0.237 e. The van der Waals surface area contributed by atoms with E-state index in [0.29, 0.717) is 0 Å². The number of anilines is 1. The fourth-order valence-corrected chi connectivity index (χ4v) is 2.75. The van der Waals surface area contributed by atoms with Crippen LogP contribution in [0.3, 0.4) is 0 Å². The van der Waals surface area contributed by atoms with Crippen molar-refractivity contribution in [3.05, 3.63) is 29.8 Å². The lowest BCUT2D eigenvalue weighted by Gasteiger charge is -2.23. The lowest BCUT2D eigenvalue weighted by molar-refractivity contribution is -0.129. The quantitative estimate of drug-likeness (QED) is 0.915. The summed E-state index contributed by atoms with van der Waals surface area (Å²) in [5.41, 5.74) is 1.08. The Hall–Kier alpha value is -1.84. The second kappa shape index (κ2) is 5.27. The van der Waals surface area contributed by atoms with Crippen molar-refractivity contribution >= 4 is 17.5 Å². The van der Waals surface area contributed by atoms with Gasteiger partial charge in [0.2, 0.25) is 11.8 Å². The maximum absolute atomic E-state index is 12.5.